The van der Waals surface area contributed by atoms with Crippen LogP contribution in [0.2, 0.25) is 0 Å². The first kappa shape index (κ1) is 18.4. The molecule has 132 valence electrons. The summed E-state index contributed by atoms with van der Waals surface area (Å²) in [5.74, 6) is -0.678. The summed E-state index contributed by atoms with van der Waals surface area (Å²) in [6.45, 7) is 1.83. The Hall–Kier alpha value is -2.94. The smallest absolute Gasteiger partial charge is 0.311 e. The van der Waals surface area contributed by atoms with Crippen molar-refractivity contribution in [1.82, 2.24) is 10.3 Å². The van der Waals surface area contributed by atoms with Gasteiger partial charge in [0.15, 0.2) is 5.13 Å². The van der Waals surface area contributed by atoms with Gasteiger partial charge in [0.05, 0.1) is 31.5 Å². The van der Waals surface area contributed by atoms with E-state index in [4.69, 9.17) is 9.15 Å². The predicted molar refractivity (Wildman–Crippen MR) is 91.8 cm³/mol. The van der Waals surface area contributed by atoms with Gasteiger partial charge in [-0.1, -0.05) is 0 Å². The van der Waals surface area contributed by atoms with Crippen molar-refractivity contribution in [3.05, 3.63) is 41.3 Å². The minimum Gasteiger partial charge on any atom is -0.466 e. The van der Waals surface area contributed by atoms with Crippen LogP contribution < -0.4 is 10.6 Å². The van der Waals surface area contributed by atoms with Crippen LogP contribution in [0.4, 0.5) is 5.13 Å². The van der Waals surface area contributed by atoms with E-state index in [2.05, 4.69) is 15.6 Å². The summed E-state index contributed by atoms with van der Waals surface area (Å²) in [5.41, 5.74) is 0.518. The van der Waals surface area contributed by atoms with Crippen molar-refractivity contribution in [2.45, 2.75) is 13.3 Å². The van der Waals surface area contributed by atoms with Crippen molar-refractivity contribution in [3.63, 3.8) is 0 Å². The quantitative estimate of drug-likeness (QED) is 0.544. The molecule has 0 saturated heterocycles. The largest absolute Gasteiger partial charge is 0.466 e. The molecule has 2 rings (SSSR count). The molecule has 25 heavy (non-hydrogen) atoms. The van der Waals surface area contributed by atoms with E-state index in [9.17, 15) is 14.4 Å². The molecular formula is C16H17N3O5S. The second kappa shape index (κ2) is 9.38. The zero-order chi connectivity index (χ0) is 18.1. The van der Waals surface area contributed by atoms with E-state index in [1.165, 1.54) is 29.8 Å². The summed E-state index contributed by atoms with van der Waals surface area (Å²) in [7, 11) is 0. The molecule has 0 bridgehead atoms. The van der Waals surface area contributed by atoms with Crippen LogP contribution in [0.3, 0.4) is 0 Å². The first-order valence-electron chi connectivity index (χ1n) is 7.46. The fraction of sp³-hybridized carbons (Fsp3) is 0.250. The Bertz CT molecular complexity index is 752. The molecule has 0 aromatic carbocycles. The number of carbonyl (C=O) groups is 3. The molecule has 0 aliphatic heterocycles. The van der Waals surface area contributed by atoms with E-state index in [0.29, 0.717) is 23.2 Å². The predicted octanol–water partition coefficient (Wildman–Crippen LogP) is 1.61. The van der Waals surface area contributed by atoms with Gasteiger partial charge in [-0.05, 0) is 25.1 Å². The molecule has 2 N–H and O–H groups in total. The molecule has 0 spiro atoms. The van der Waals surface area contributed by atoms with Gasteiger partial charge >= 0.3 is 5.97 Å². The van der Waals surface area contributed by atoms with E-state index in [1.54, 1.807) is 24.4 Å². The summed E-state index contributed by atoms with van der Waals surface area (Å²) in [5, 5.41) is 7.01. The molecule has 0 saturated carbocycles. The van der Waals surface area contributed by atoms with Crippen LogP contribution in [0, 0.1) is 0 Å². The molecule has 9 heteroatoms. The molecule has 2 heterocycles. The van der Waals surface area contributed by atoms with Gasteiger partial charge in [0.2, 0.25) is 11.8 Å². The Labute approximate surface area is 147 Å². The van der Waals surface area contributed by atoms with Crippen LogP contribution in [0.5, 0.6) is 0 Å². The third-order valence-corrected chi connectivity index (χ3v) is 3.60. The van der Waals surface area contributed by atoms with Crippen LogP contribution in [0.25, 0.3) is 6.08 Å². The van der Waals surface area contributed by atoms with Gasteiger partial charge in [-0.3, -0.25) is 14.4 Å². The summed E-state index contributed by atoms with van der Waals surface area (Å²) in [6, 6.07) is 3.40. The van der Waals surface area contributed by atoms with Gasteiger partial charge in [0.25, 0.3) is 0 Å². The van der Waals surface area contributed by atoms with Crippen LogP contribution in [-0.2, 0) is 25.5 Å². The molecule has 2 aromatic rings. The van der Waals surface area contributed by atoms with E-state index in [-0.39, 0.29) is 18.9 Å². The lowest BCUT2D eigenvalue weighted by Crippen LogP contribution is -2.31. The lowest BCUT2D eigenvalue weighted by Gasteiger charge is -2.02. The lowest BCUT2D eigenvalue weighted by atomic mass is 10.3. The first-order valence-corrected chi connectivity index (χ1v) is 8.34. The second-order valence-corrected chi connectivity index (χ2v) is 5.60. The van der Waals surface area contributed by atoms with Crippen LogP contribution in [-0.4, -0.2) is 35.9 Å². The van der Waals surface area contributed by atoms with E-state index in [1.807, 2.05) is 0 Å². The Morgan fingerprint density at radius 1 is 1.40 bits per heavy atom. The highest BCUT2D eigenvalue weighted by Crippen LogP contribution is 2.15. The molecule has 0 aliphatic rings. The third-order valence-electron chi connectivity index (χ3n) is 2.79. The van der Waals surface area contributed by atoms with Gasteiger partial charge in [0, 0.05) is 11.5 Å². The lowest BCUT2D eigenvalue weighted by molar-refractivity contribution is -0.142. The highest BCUT2D eigenvalue weighted by Gasteiger charge is 2.10. The molecule has 0 radical (unpaired) electrons. The number of anilines is 1. The van der Waals surface area contributed by atoms with Crippen LogP contribution in [0.15, 0.2) is 34.3 Å². The molecule has 2 aromatic heterocycles. The number of aromatic nitrogens is 1. The fourth-order valence-electron chi connectivity index (χ4n) is 1.74. The van der Waals surface area contributed by atoms with Crippen molar-refractivity contribution in [2.75, 3.05) is 18.5 Å². The molecule has 8 nitrogen and oxygen atoms in total. The average Bonchev–Trinajstić information content (AvgIpc) is 3.23. The number of nitrogens with zero attached hydrogens (tertiary/aromatic N) is 1. The van der Waals surface area contributed by atoms with Gasteiger partial charge in [-0.25, -0.2) is 4.98 Å². The number of hydrogen-bond donors (Lipinski definition) is 2. The van der Waals surface area contributed by atoms with Gasteiger partial charge in [-0.2, -0.15) is 0 Å². The zero-order valence-electron chi connectivity index (χ0n) is 13.5. The highest BCUT2D eigenvalue weighted by atomic mass is 32.1. The summed E-state index contributed by atoms with van der Waals surface area (Å²) in [6.07, 6.45) is 4.31. The van der Waals surface area contributed by atoms with Crippen molar-refractivity contribution in [1.29, 1.82) is 0 Å². The Balaban J connectivity index is 1.74. The number of thiazole rings is 1. The van der Waals surface area contributed by atoms with Gasteiger partial charge in [-0.15, -0.1) is 11.3 Å². The maximum atomic E-state index is 11.8. The van der Waals surface area contributed by atoms with Gasteiger partial charge in [0.1, 0.15) is 5.76 Å². The number of nitrogens with one attached hydrogen (secondary N) is 2. The summed E-state index contributed by atoms with van der Waals surface area (Å²) in [4.78, 5) is 38.9. The van der Waals surface area contributed by atoms with Crippen molar-refractivity contribution in [2.24, 2.45) is 0 Å². The molecule has 2 amide bonds. The minimum absolute atomic E-state index is 0.0501. The number of amides is 2. The van der Waals surface area contributed by atoms with Crippen molar-refractivity contribution < 1.29 is 23.5 Å². The zero-order valence-corrected chi connectivity index (χ0v) is 14.3. The maximum Gasteiger partial charge on any atom is 0.311 e. The standard InChI is InChI=1S/C16H17N3O5S/c1-2-23-15(22)8-11-10-25-16(18-11)19-14(21)9-17-13(20)6-5-12-4-3-7-24-12/h3-7,10H,2,8-9H2,1H3,(H,17,20)(H,18,19,21). The van der Waals surface area contributed by atoms with Crippen molar-refractivity contribution in [3.8, 4) is 0 Å². The summed E-state index contributed by atoms with van der Waals surface area (Å²) >= 11 is 1.19. The molecular weight excluding hydrogens is 346 g/mol. The summed E-state index contributed by atoms with van der Waals surface area (Å²) < 4.78 is 9.88. The monoisotopic (exact) mass is 363 g/mol. The van der Waals surface area contributed by atoms with E-state index >= 15 is 0 Å². The Kier molecular flexibility index (Phi) is 6.90. The maximum absolute atomic E-state index is 11.8. The average molecular weight is 363 g/mol. The molecule has 0 fully saturated rings. The number of hydrogen-bond acceptors (Lipinski definition) is 7. The molecule has 0 atom stereocenters. The number of ether oxygens (including phenoxy) is 1. The van der Waals surface area contributed by atoms with Crippen LogP contribution >= 0.6 is 11.3 Å². The number of carbonyl (C=O) groups excluding carboxylic acids is 3. The number of rotatable bonds is 8. The first-order chi connectivity index (χ1) is 12.1. The topological polar surface area (TPSA) is 111 Å². The van der Waals surface area contributed by atoms with E-state index < -0.39 is 11.8 Å². The van der Waals surface area contributed by atoms with Crippen molar-refractivity contribution >= 4 is 40.3 Å². The van der Waals surface area contributed by atoms with Crippen LogP contribution in [0.1, 0.15) is 18.4 Å². The second-order valence-electron chi connectivity index (χ2n) is 4.74. The Morgan fingerprint density at radius 2 is 2.24 bits per heavy atom. The highest BCUT2D eigenvalue weighted by molar-refractivity contribution is 7.13. The number of furan rings is 1. The number of esters is 1. The van der Waals surface area contributed by atoms with E-state index in [0.717, 1.165) is 0 Å². The Morgan fingerprint density at radius 3 is 2.96 bits per heavy atom. The normalized spacial score (nSPS) is 10.6. The third kappa shape index (κ3) is 6.60. The molecule has 0 unspecified atom stereocenters. The fourth-order valence-corrected chi connectivity index (χ4v) is 2.47. The molecule has 0 aliphatic carbocycles. The SMILES string of the molecule is CCOC(=O)Cc1csc(NC(=O)CNC(=O)C=Cc2ccco2)n1. The van der Waals surface area contributed by atoms with Gasteiger partial charge < -0.3 is 19.8 Å². The minimum atomic E-state index is -0.423.